The zero-order valence-electron chi connectivity index (χ0n) is 10.9. The van der Waals surface area contributed by atoms with Crippen molar-refractivity contribution < 1.29 is 4.39 Å². The van der Waals surface area contributed by atoms with E-state index >= 15 is 0 Å². The van der Waals surface area contributed by atoms with Crippen molar-refractivity contribution in [3.8, 4) is 0 Å². The number of thiocarbonyl (C=S) groups is 1. The second kappa shape index (κ2) is 6.68. The van der Waals surface area contributed by atoms with Gasteiger partial charge in [-0.2, -0.15) is 0 Å². The third-order valence-corrected chi connectivity index (χ3v) is 3.57. The van der Waals surface area contributed by atoms with Crippen LogP contribution in [0.1, 0.15) is 11.1 Å². The van der Waals surface area contributed by atoms with E-state index in [-0.39, 0.29) is 5.82 Å². The van der Waals surface area contributed by atoms with E-state index in [4.69, 9.17) is 23.8 Å². The molecule has 2 nitrogen and oxygen atoms in total. The van der Waals surface area contributed by atoms with Crippen LogP contribution in [0, 0.1) is 12.7 Å². The SMILES string of the molecule is Cc1c(Cl)cccc1NC(=S)NCc1ccccc1F. The average Bonchev–Trinajstić information content (AvgIpc) is 2.43. The third-order valence-electron chi connectivity index (χ3n) is 2.91. The Morgan fingerprint density at radius 2 is 1.95 bits per heavy atom. The summed E-state index contributed by atoms with van der Waals surface area (Å²) in [6.07, 6.45) is 0. The topological polar surface area (TPSA) is 24.1 Å². The molecule has 0 bridgehead atoms. The van der Waals surface area contributed by atoms with Gasteiger partial charge in [0, 0.05) is 22.8 Å². The molecule has 0 aliphatic rings. The minimum atomic E-state index is -0.248. The molecule has 0 saturated heterocycles. The van der Waals surface area contributed by atoms with Gasteiger partial charge in [-0.15, -0.1) is 0 Å². The third kappa shape index (κ3) is 3.68. The van der Waals surface area contributed by atoms with E-state index < -0.39 is 0 Å². The lowest BCUT2D eigenvalue weighted by Gasteiger charge is -2.13. The summed E-state index contributed by atoms with van der Waals surface area (Å²) in [6.45, 7) is 2.24. The minimum absolute atomic E-state index is 0.248. The van der Waals surface area contributed by atoms with Gasteiger partial charge in [-0.05, 0) is 42.9 Å². The molecule has 0 spiro atoms. The number of hydrogen-bond donors (Lipinski definition) is 2. The van der Waals surface area contributed by atoms with Crippen LogP contribution in [0.15, 0.2) is 42.5 Å². The summed E-state index contributed by atoms with van der Waals surface area (Å²) in [4.78, 5) is 0. The van der Waals surface area contributed by atoms with Gasteiger partial charge in [0.25, 0.3) is 0 Å². The molecule has 2 aromatic carbocycles. The zero-order valence-corrected chi connectivity index (χ0v) is 12.5. The Morgan fingerprint density at radius 3 is 2.70 bits per heavy atom. The summed E-state index contributed by atoms with van der Waals surface area (Å²) in [5.41, 5.74) is 2.33. The molecule has 0 fully saturated rings. The van der Waals surface area contributed by atoms with Crippen LogP contribution in [0.5, 0.6) is 0 Å². The first-order valence-electron chi connectivity index (χ1n) is 6.11. The highest BCUT2D eigenvalue weighted by molar-refractivity contribution is 7.80. The van der Waals surface area contributed by atoms with Gasteiger partial charge < -0.3 is 10.6 Å². The smallest absolute Gasteiger partial charge is 0.171 e. The number of rotatable bonds is 3. The van der Waals surface area contributed by atoms with E-state index in [9.17, 15) is 4.39 Å². The van der Waals surface area contributed by atoms with Crippen molar-refractivity contribution in [3.05, 3.63) is 64.4 Å². The lowest BCUT2D eigenvalue weighted by molar-refractivity contribution is 0.606. The van der Waals surface area contributed by atoms with Gasteiger partial charge in [-0.25, -0.2) is 4.39 Å². The Balaban J connectivity index is 1.96. The second-order valence-corrected chi connectivity index (χ2v) is 5.13. The number of nitrogens with one attached hydrogen (secondary N) is 2. The lowest BCUT2D eigenvalue weighted by Crippen LogP contribution is -2.28. The summed E-state index contributed by atoms with van der Waals surface area (Å²) in [5, 5.41) is 7.13. The first kappa shape index (κ1) is 14.8. The van der Waals surface area contributed by atoms with Gasteiger partial charge in [-0.1, -0.05) is 35.9 Å². The largest absolute Gasteiger partial charge is 0.358 e. The zero-order chi connectivity index (χ0) is 14.5. The number of halogens is 2. The predicted octanol–water partition coefficient (Wildman–Crippen LogP) is 4.27. The summed E-state index contributed by atoms with van der Waals surface area (Å²) in [5.74, 6) is -0.248. The normalized spacial score (nSPS) is 10.2. The van der Waals surface area contributed by atoms with Crippen molar-refractivity contribution in [1.29, 1.82) is 0 Å². The molecule has 0 aliphatic carbocycles. The first-order valence-corrected chi connectivity index (χ1v) is 6.90. The van der Waals surface area contributed by atoms with Crippen LogP contribution in [0.4, 0.5) is 10.1 Å². The molecule has 2 rings (SSSR count). The molecule has 5 heteroatoms. The standard InChI is InChI=1S/C15H14ClFN2S/c1-10-12(16)6-4-8-14(10)19-15(20)18-9-11-5-2-3-7-13(11)17/h2-8H,9H2,1H3,(H2,18,19,20). The fourth-order valence-corrected chi connectivity index (χ4v) is 2.08. The molecule has 0 saturated carbocycles. The lowest BCUT2D eigenvalue weighted by atomic mass is 10.2. The van der Waals surface area contributed by atoms with Crippen molar-refractivity contribution in [3.63, 3.8) is 0 Å². The number of benzene rings is 2. The predicted molar refractivity (Wildman–Crippen MR) is 85.6 cm³/mol. The first-order chi connectivity index (χ1) is 9.58. The highest BCUT2D eigenvalue weighted by Crippen LogP contribution is 2.22. The van der Waals surface area contributed by atoms with E-state index in [1.165, 1.54) is 6.07 Å². The van der Waals surface area contributed by atoms with E-state index in [0.717, 1.165) is 11.3 Å². The van der Waals surface area contributed by atoms with Gasteiger partial charge in [0.2, 0.25) is 0 Å². The second-order valence-electron chi connectivity index (χ2n) is 4.31. The van der Waals surface area contributed by atoms with Crippen LogP contribution in [0.3, 0.4) is 0 Å². The molecule has 104 valence electrons. The summed E-state index contributed by atoms with van der Waals surface area (Å²) >= 11 is 11.2. The van der Waals surface area contributed by atoms with E-state index in [0.29, 0.717) is 22.2 Å². The van der Waals surface area contributed by atoms with Gasteiger partial charge in [0.05, 0.1) is 0 Å². The maximum atomic E-state index is 13.5. The van der Waals surface area contributed by atoms with Crippen LogP contribution in [0.2, 0.25) is 5.02 Å². The summed E-state index contributed by atoms with van der Waals surface area (Å²) in [7, 11) is 0. The maximum absolute atomic E-state index is 13.5. The molecule has 20 heavy (non-hydrogen) atoms. The van der Waals surface area contributed by atoms with Gasteiger partial charge in [0.15, 0.2) is 5.11 Å². The van der Waals surface area contributed by atoms with Crippen LogP contribution in [-0.2, 0) is 6.54 Å². The fourth-order valence-electron chi connectivity index (χ4n) is 1.73. The molecule has 0 aliphatic heterocycles. The summed E-state index contributed by atoms with van der Waals surface area (Å²) < 4.78 is 13.5. The van der Waals surface area contributed by atoms with Crippen molar-refractivity contribution in [2.45, 2.75) is 13.5 Å². The van der Waals surface area contributed by atoms with E-state index in [1.807, 2.05) is 25.1 Å². The van der Waals surface area contributed by atoms with Crippen LogP contribution in [0.25, 0.3) is 0 Å². The van der Waals surface area contributed by atoms with Crippen molar-refractivity contribution in [2.24, 2.45) is 0 Å². The quantitative estimate of drug-likeness (QED) is 0.828. The highest BCUT2D eigenvalue weighted by atomic mass is 35.5. The number of hydrogen-bond acceptors (Lipinski definition) is 1. The van der Waals surface area contributed by atoms with Crippen LogP contribution in [-0.4, -0.2) is 5.11 Å². The minimum Gasteiger partial charge on any atom is -0.358 e. The van der Waals surface area contributed by atoms with Gasteiger partial charge >= 0.3 is 0 Å². The van der Waals surface area contributed by atoms with Gasteiger partial charge in [-0.3, -0.25) is 0 Å². The average molecular weight is 309 g/mol. The maximum Gasteiger partial charge on any atom is 0.171 e. The number of anilines is 1. The van der Waals surface area contributed by atoms with E-state index in [2.05, 4.69) is 10.6 Å². The molecule has 2 N–H and O–H groups in total. The Labute approximate surface area is 128 Å². The van der Waals surface area contributed by atoms with Gasteiger partial charge in [0.1, 0.15) is 5.82 Å². The highest BCUT2D eigenvalue weighted by Gasteiger charge is 2.05. The molecule has 2 aromatic rings. The Morgan fingerprint density at radius 1 is 1.20 bits per heavy atom. The summed E-state index contributed by atoms with van der Waals surface area (Å²) in [6, 6.07) is 12.1. The molecule has 0 radical (unpaired) electrons. The van der Waals surface area contributed by atoms with Crippen molar-refractivity contribution in [2.75, 3.05) is 5.32 Å². The molecular weight excluding hydrogens is 295 g/mol. The monoisotopic (exact) mass is 308 g/mol. The van der Waals surface area contributed by atoms with E-state index in [1.54, 1.807) is 18.2 Å². The molecule has 0 aromatic heterocycles. The molecule has 0 unspecified atom stereocenters. The molecular formula is C15H14ClFN2S. The van der Waals surface area contributed by atoms with Crippen molar-refractivity contribution in [1.82, 2.24) is 5.32 Å². The Hall–Kier alpha value is -1.65. The fraction of sp³-hybridized carbons (Fsp3) is 0.133. The Bertz CT molecular complexity index is 631. The Kier molecular flexibility index (Phi) is 4.93. The molecule has 0 heterocycles. The van der Waals surface area contributed by atoms with Crippen LogP contribution >= 0.6 is 23.8 Å². The molecule has 0 atom stereocenters. The molecule has 0 amide bonds. The van der Waals surface area contributed by atoms with Crippen molar-refractivity contribution >= 4 is 34.6 Å². The van der Waals surface area contributed by atoms with Crippen LogP contribution < -0.4 is 10.6 Å².